The minimum atomic E-state index is -0.359. The van der Waals surface area contributed by atoms with Crippen molar-refractivity contribution < 1.29 is 9.84 Å². The number of methoxy groups -OCH3 is 1. The van der Waals surface area contributed by atoms with Gasteiger partial charge in [0.25, 0.3) is 0 Å². The van der Waals surface area contributed by atoms with Crippen molar-refractivity contribution in [2.75, 3.05) is 39.9 Å². The molecule has 0 amide bonds. The molecular formula is C12H28N2O2. The van der Waals surface area contributed by atoms with Crippen molar-refractivity contribution in [1.82, 2.24) is 10.2 Å². The van der Waals surface area contributed by atoms with Crippen LogP contribution in [0, 0.1) is 0 Å². The molecule has 0 radical (unpaired) electrons. The smallest absolute Gasteiger partial charge is 0.0744 e. The number of hydrogen-bond donors (Lipinski definition) is 2. The Kier molecular flexibility index (Phi) is 7.93. The second kappa shape index (κ2) is 8.01. The molecule has 0 aromatic heterocycles. The normalized spacial score (nSPS) is 17.4. The minimum absolute atomic E-state index is 0.00537. The Morgan fingerprint density at radius 2 is 1.94 bits per heavy atom. The van der Waals surface area contributed by atoms with Crippen molar-refractivity contribution in [3.63, 3.8) is 0 Å². The predicted molar refractivity (Wildman–Crippen MR) is 67.8 cm³/mol. The lowest BCUT2D eigenvalue weighted by Crippen LogP contribution is -2.56. The van der Waals surface area contributed by atoms with E-state index in [1.165, 1.54) is 0 Å². The van der Waals surface area contributed by atoms with E-state index in [9.17, 15) is 5.11 Å². The fourth-order valence-electron chi connectivity index (χ4n) is 1.63. The summed E-state index contributed by atoms with van der Waals surface area (Å²) in [6.07, 6.45) is -0.00537. The topological polar surface area (TPSA) is 44.7 Å². The summed E-state index contributed by atoms with van der Waals surface area (Å²) in [6.45, 7) is 12.4. The van der Waals surface area contributed by atoms with Crippen LogP contribution >= 0.6 is 0 Å². The molecule has 0 saturated carbocycles. The largest absolute Gasteiger partial charge is 0.394 e. The van der Waals surface area contributed by atoms with E-state index in [-0.39, 0.29) is 18.2 Å². The van der Waals surface area contributed by atoms with E-state index in [1.54, 1.807) is 7.11 Å². The maximum Gasteiger partial charge on any atom is 0.0744 e. The van der Waals surface area contributed by atoms with E-state index >= 15 is 0 Å². The number of aliphatic hydroxyl groups is 1. The van der Waals surface area contributed by atoms with Crippen LogP contribution in [0.1, 0.15) is 27.7 Å². The van der Waals surface area contributed by atoms with Crippen molar-refractivity contribution in [2.45, 2.75) is 39.3 Å². The van der Waals surface area contributed by atoms with Crippen LogP contribution in [0.15, 0.2) is 0 Å². The molecular weight excluding hydrogens is 204 g/mol. The number of likely N-dealkylation sites (N-methyl/N-ethyl adjacent to an activating group) is 1. The zero-order chi connectivity index (χ0) is 12.6. The highest BCUT2D eigenvalue weighted by molar-refractivity contribution is 4.88. The first-order valence-electron chi connectivity index (χ1n) is 6.15. The fourth-order valence-corrected chi connectivity index (χ4v) is 1.63. The molecule has 0 aliphatic rings. The van der Waals surface area contributed by atoms with Crippen LogP contribution in [0.5, 0.6) is 0 Å². The number of nitrogens with zero attached hydrogens (tertiary/aromatic N) is 1. The van der Waals surface area contributed by atoms with Gasteiger partial charge in [-0.25, -0.2) is 0 Å². The Balaban J connectivity index is 4.04. The van der Waals surface area contributed by atoms with E-state index in [0.29, 0.717) is 0 Å². The number of aliphatic hydroxyl groups excluding tert-OH is 1. The van der Waals surface area contributed by atoms with Crippen LogP contribution in [0.2, 0.25) is 0 Å². The monoisotopic (exact) mass is 232 g/mol. The standard InChI is InChI=1S/C12H28N2O2/c1-6-14(7-2)9-8-13-12(4,10-15)11(3)16-5/h11,13,15H,6-10H2,1-5H3. The molecule has 0 aliphatic carbocycles. The Bertz CT molecular complexity index is 174. The van der Waals surface area contributed by atoms with Crippen molar-refractivity contribution in [2.24, 2.45) is 0 Å². The molecule has 0 rings (SSSR count). The van der Waals surface area contributed by atoms with Gasteiger partial charge in [0.05, 0.1) is 18.2 Å². The van der Waals surface area contributed by atoms with Gasteiger partial charge in [-0.2, -0.15) is 0 Å². The molecule has 0 spiro atoms. The molecule has 0 aromatic rings. The highest BCUT2D eigenvalue weighted by Crippen LogP contribution is 2.11. The molecule has 2 unspecified atom stereocenters. The molecule has 98 valence electrons. The SMILES string of the molecule is CCN(CC)CCNC(C)(CO)C(C)OC. The summed E-state index contributed by atoms with van der Waals surface area (Å²) >= 11 is 0. The average Bonchev–Trinajstić information content (AvgIpc) is 2.33. The van der Waals surface area contributed by atoms with Crippen LogP contribution in [-0.4, -0.2) is 61.5 Å². The summed E-state index contributed by atoms with van der Waals surface area (Å²) in [4.78, 5) is 2.35. The molecule has 2 atom stereocenters. The molecule has 4 heteroatoms. The summed E-state index contributed by atoms with van der Waals surface area (Å²) in [5.74, 6) is 0. The second-order valence-electron chi connectivity index (χ2n) is 4.41. The number of rotatable bonds is 9. The van der Waals surface area contributed by atoms with Gasteiger partial charge in [-0.3, -0.25) is 0 Å². The van der Waals surface area contributed by atoms with Crippen molar-refractivity contribution >= 4 is 0 Å². The fraction of sp³-hybridized carbons (Fsp3) is 1.00. The van der Waals surface area contributed by atoms with Gasteiger partial charge in [-0.05, 0) is 26.9 Å². The molecule has 0 bridgehead atoms. The molecule has 0 saturated heterocycles. The Morgan fingerprint density at radius 3 is 2.31 bits per heavy atom. The second-order valence-corrected chi connectivity index (χ2v) is 4.41. The van der Waals surface area contributed by atoms with E-state index < -0.39 is 0 Å². The van der Waals surface area contributed by atoms with Gasteiger partial charge < -0.3 is 20.1 Å². The first-order valence-corrected chi connectivity index (χ1v) is 6.15. The minimum Gasteiger partial charge on any atom is -0.394 e. The first-order chi connectivity index (χ1) is 7.53. The summed E-state index contributed by atoms with van der Waals surface area (Å²) < 4.78 is 5.28. The summed E-state index contributed by atoms with van der Waals surface area (Å²) in [5.41, 5.74) is -0.359. The van der Waals surface area contributed by atoms with Gasteiger partial charge in [-0.1, -0.05) is 13.8 Å². The van der Waals surface area contributed by atoms with E-state index in [4.69, 9.17) is 4.74 Å². The third kappa shape index (κ3) is 4.78. The van der Waals surface area contributed by atoms with Crippen LogP contribution in [0.4, 0.5) is 0 Å². The molecule has 0 fully saturated rings. The van der Waals surface area contributed by atoms with Gasteiger partial charge in [0, 0.05) is 20.2 Å². The highest BCUT2D eigenvalue weighted by atomic mass is 16.5. The quantitative estimate of drug-likeness (QED) is 0.614. The first kappa shape index (κ1) is 15.8. The van der Waals surface area contributed by atoms with Gasteiger partial charge >= 0.3 is 0 Å². The van der Waals surface area contributed by atoms with Gasteiger partial charge in [0.1, 0.15) is 0 Å². The average molecular weight is 232 g/mol. The van der Waals surface area contributed by atoms with Crippen molar-refractivity contribution in [1.29, 1.82) is 0 Å². The van der Waals surface area contributed by atoms with E-state index in [2.05, 4.69) is 24.1 Å². The van der Waals surface area contributed by atoms with Crippen molar-refractivity contribution in [3.05, 3.63) is 0 Å². The lowest BCUT2D eigenvalue weighted by Gasteiger charge is -2.34. The number of nitrogens with one attached hydrogen (secondary N) is 1. The lowest BCUT2D eigenvalue weighted by molar-refractivity contribution is 0.00732. The van der Waals surface area contributed by atoms with Crippen LogP contribution in [0.3, 0.4) is 0 Å². The third-order valence-electron chi connectivity index (χ3n) is 3.43. The summed E-state index contributed by atoms with van der Waals surface area (Å²) in [7, 11) is 1.67. The molecule has 0 heterocycles. The third-order valence-corrected chi connectivity index (χ3v) is 3.43. The predicted octanol–water partition coefficient (Wildman–Crippen LogP) is 0.704. The van der Waals surface area contributed by atoms with Gasteiger partial charge in [-0.15, -0.1) is 0 Å². The van der Waals surface area contributed by atoms with Crippen molar-refractivity contribution in [3.8, 4) is 0 Å². The molecule has 0 aromatic carbocycles. The Labute approximate surface area is 100.0 Å². The lowest BCUT2D eigenvalue weighted by atomic mass is 9.97. The zero-order valence-electron chi connectivity index (χ0n) is 11.4. The summed E-state index contributed by atoms with van der Waals surface area (Å²) in [6, 6.07) is 0. The number of ether oxygens (including phenoxy) is 1. The molecule has 2 N–H and O–H groups in total. The van der Waals surface area contributed by atoms with Crippen LogP contribution < -0.4 is 5.32 Å². The molecule has 0 aliphatic heterocycles. The maximum absolute atomic E-state index is 9.41. The molecule has 4 nitrogen and oxygen atoms in total. The van der Waals surface area contributed by atoms with Crippen LogP contribution in [-0.2, 0) is 4.74 Å². The molecule has 16 heavy (non-hydrogen) atoms. The van der Waals surface area contributed by atoms with E-state index in [1.807, 2.05) is 13.8 Å². The highest BCUT2D eigenvalue weighted by Gasteiger charge is 2.29. The maximum atomic E-state index is 9.41. The number of hydrogen-bond acceptors (Lipinski definition) is 4. The van der Waals surface area contributed by atoms with Crippen LogP contribution in [0.25, 0.3) is 0 Å². The van der Waals surface area contributed by atoms with Gasteiger partial charge in [0.15, 0.2) is 0 Å². The van der Waals surface area contributed by atoms with Gasteiger partial charge in [0.2, 0.25) is 0 Å². The zero-order valence-corrected chi connectivity index (χ0v) is 11.4. The Morgan fingerprint density at radius 1 is 1.38 bits per heavy atom. The van der Waals surface area contributed by atoms with E-state index in [0.717, 1.165) is 26.2 Å². The summed E-state index contributed by atoms with van der Waals surface area (Å²) in [5, 5.41) is 12.8. The Hall–Kier alpha value is -0.160.